The summed E-state index contributed by atoms with van der Waals surface area (Å²) in [7, 11) is 0. The van der Waals surface area contributed by atoms with Gasteiger partial charge < -0.3 is 15.0 Å². The summed E-state index contributed by atoms with van der Waals surface area (Å²) in [5.41, 5.74) is 0. The maximum atomic E-state index is 10.2. The number of carbonyl (C=O) groups excluding carboxylic acids is 1. The van der Waals surface area contributed by atoms with Crippen molar-refractivity contribution >= 4 is 5.97 Å². The van der Waals surface area contributed by atoms with Crippen molar-refractivity contribution in [3.05, 3.63) is 5.21 Å². The molecule has 9 heavy (non-hydrogen) atoms. The van der Waals surface area contributed by atoms with Gasteiger partial charge in [-0.2, -0.15) is 0 Å². The van der Waals surface area contributed by atoms with E-state index in [1.54, 1.807) is 0 Å². The highest BCUT2D eigenvalue weighted by molar-refractivity contribution is 5.66. The molecule has 0 radical (unpaired) electrons. The molecule has 4 nitrogen and oxygen atoms in total. The Labute approximate surface area is 53.0 Å². The van der Waals surface area contributed by atoms with Gasteiger partial charge in [0.1, 0.15) is 6.10 Å². The van der Waals surface area contributed by atoms with Crippen LogP contribution in [0.2, 0.25) is 0 Å². The summed E-state index contributed by atoms with van der Waals surface area (Å²) in [5, 5.41) is 11.1. The Balaban J connectivity index is 2.11. The van der Waals surface area contributed by atoms with Crippen molar-refractivity contribution in [1.29, 1.82) is 0 Å². The minimum atomic E-state index is -0.312. The van der Waals surface area contributed by atoms with Gasteiger partial charge in [0.05, 0.1) is 0 Å². The van der Waals surface area contributed by atoms with E-state index in [1.165, 1.54) is 6.92 Å². The van der Waals surface area contributed by atoms with Gasteiger partial charge in [0.25, 0.3) is 0 Å². The third-order valence-corrected chi connectivity index (χ3v) is 1.15. The van der Waals surface area contributed by atoms with E-state index in [0.29, 0.717) is 13.1 Å². The van der Waals surface area contributed by atoms with Crippen LogP contribution in [-0.2, 0) is 9.53 Å². The molecule has 4 heteroatoms. The highest BCUT2D eigenvalue weighted by atomic mass is 16.6. The first-order valence-electron chi connectivity index (χ1n) is 2.78. The van der Waals surface area contributed by atoms with Gasteiger partial charge in [0, 0.05) is 20.0 Å². The van der Waals surface area contributed by atoms with Crippen molar-refractivity contribution in [1.82, 2.24) is 5.06 Å². The van der Waals surface area contributed by atoms with Crippen LogP contribution < -0.4 is 0 Å². The van der Waals surface area contributed by atoms with Gasteiger partial charge in [-0.25, -0.2) is 0 Å². The molecule has 1 saturated heterocycles. The van der Waals surface area contributed by atoms with E-state index in [-0.39, 0.29) is 12.1 Å². The Bertz CT molecular complexity index is 119. The summed E-state index contributed by atoms with van der Waals surface area (Å²) in [6.07, 6.45) is -0.153. The molecule has 1 heterocycles. The third-order valence-electron chi connectivity index (χ3n) is 1.15. The second-order valence-corrected chi connectivity index (χ2v) is 2.08. The molecule has 0 unspecified atom stereocenters. The molecule has 0 bridgehead atoms. The number of hydrogen-bond acceptors (Lipinski definition) is 4. The van der Waals surface area contributed by atoms with Crippen molar-refractivity contribution in [3.63, 3.8) is 0 Å². The van der Waals surface area contributed by atoms with Gasteiger partial charge in [-0.05, 0) is 0 Å². The topological polar surface area (TPSA) is 52.6 Å². The third kappa shape index (κ3) is 1.65. The van der Waals surface area contributed by atoms with Crippen molar-refractivity contribution in [3.8, 4) is 0 Å². The predicted molar refractivity (Wildman–Crippen MR) is 30.5 cm³/mol. The molecule has 0 N–H and O–H groups in total. The second kappa shape index (κ2) is 2.33. The number of rotatable bonds is 1. The molecule has 0 spiro atoms. The zero-order chi connectivity index (χ0) is 6.85. The Morgan fingerprint density at radius 2 is 2.33 bits per heavy atom. The van der Waals surface area contributed by atoms with Crippen LogP contribution in [0.15, 0.2) is 0 Å². The average Bonchev–Trinajstić information content (AvgIpc) is 1.60. The minimum absolute atomic E-state index is 0.153. The van der Waals surface area contributed by atoms with Crippen LogP contribution in [-0.4, -0.2) is 30.2 Å². The fraction of sp³-hybridized carbons (Fsp3) is 0.800. The van der Waals surface area contributed by atoms with Crippen LogP contribution in [0.4, 0.5) is 0 Å². The molecule has 0 aliphatic carbocycles. The van der Waals surface area contributed by atoms with Gasteiger partial charge in [-0.15, -0.1) is 0 Å². The average molecular weight is 130 g/mol. The first-order chi connectivity index (χ1) is 4.18. The molecule has 52 valence electrons. The molecular formula is C5H8NO3-. The van der Waals surface area contributed by atoms with Gasteiger partial charge in [0.2, 0.25) is 0 Å². The van der Waals surface area contributed by atoms with Crippen LogP contribution in [0, 0.1) is 5.21 Å². The lowest BCUT2D eigenvalue weighted by molar-refractivity contribution is -0.152. The van der Waals surface area contributed by atoms with Crippen LogP contribution >= 0.6 is 0 Å². The predicted octanol–water partition coefficient (Wildman–Crippen LogP) is -0.268. The lowest BCUT2D eigenvalue weighted by Gasteiger charge is -2.43. The molecule has 1 aliphatic heterocycles. The lowest BCUT2D eigenvalue weighted by atomic mass is 10.2. The van der Waals surface area contributed by atoms with Crippen LogP contribution in [0.25, 0.3) is 0 Å². The largest absolute Gasteiger partial charge is 0.785 e. The van der Waals surface area contributed by atoms with E-state index in [4.69, 9.17) is 0 Å². The highest BCUT2D eigenvalue weighted by Gasteiger charge is 2.21. The lowest BCUT2D eigenvalue weighted by Crippen LogP contribution is -2.49. The molecule has 0 aromatic carbocycles. The Morgan fingerprint density at radius 1 is 1.78 bits per heavy atom. The maximum Gasteiger partial charge on any atom is 0.302 e. The molecular weight excluding hydrogens is 122 g/mol. The molecule has 0 atom stereocenters. The Kier molecular flexibility index (Phi) is 1.68. The smallest absolute Gasteiger partial charge is 0.302 e. The number of ether oxygens (including phenoxy) is 1. The Hall–Kier alpha value is -0.610. The fourth-order valence-corrected chi connectivity index (χ4v) is 0.710. The normalized spacial score (nSPS) is 21.1. The number of esters is 1. The zero-order valence-corrected chi connectivity index (χ0v) is 5.16. The SMILES string of the molecule is CC(=O)OC1CN([O-])C1. The summed E-state index contributed by atoms with van der Waals surface area (Å²) in [4.78, 5) is 10.2. The Morgan fingerprint density at radius 3 is 2.67 bits per heavy atom. The monoisotopic (exact) mass is 130 g/mol. The van der Waals surface area contributed by atoms with E-state index in [2.05, 4.69) is 4.74 Å². The maximum absolute atomic E-state index is 10.2. The number of nitrogens with zero attached hydrogens (tertiary/aromatic N) is 1. The first-order valence-corrected chi connectivity index (χ1v) is 2.78. The summed E-state index contributed by atoms with van der Waals surface area (Å²) >= 11 is 0. The van der Waals surface area contributed by atoms with Gasteiger partial charge in [-0.1, -0.05) is 0 Å². The van der Waals surface area contributed by atoms with Crippen molar-refractivity contribution in [2.45, 2.75) is 13.0 Å². The first kappa shape index (κ1) is 6.51. The zero-order valence-electron chi connectivity index (χ0n) is 5.16. The van der Waals surface area contributed by atoms with Crippen LogP contribution in [0.5, 0.6) is 0 Å². The summed E-state index contributed by atoms with van der Waals surface area (Å²) in [6.45, 7) is 2.01. The van der Waals surface area contributed by atoms with Gasteiger partial charge in [-0.3, -0.25) is 4.79 Å². The summed E-state index contributed by atoms with van der Waals surface area (Å²) in [6, 6.07) is 0. The van der Waals surface area contributed by atoms with E-state index >= 15 is 0 Å². The molecule has 1 rings (SSSR count). The molecule has 0 saturated carbocycles. The van der Waals surface area contributed by atoms with Crippen molar-refractivity contribution in [2.24, 2.45) is 0 Å². The summed E-state index contributed by atoms with van der Waals surface area (Å²) < 4.78 is 4.68. The quantitative estimate of drug-likeness (QED) is 0.458. The van der Waals surface area contributed by atoms with E-state index in [9.17, 15) is 10.0 Å². The number of hydroxylamine groups is 2. The minimum Gasteiger partial charge on any atom is -0.785 e. The second-order valence-electron chi connectivity index (χ2n) is 2.08. The van der Waals surface area contributed by atoms with Gasteiger partial charge >= 0.3 is 5.97 Å². The summed E-state index contributed by atoms with van der Waals surface area (Å²) in [5.74, 6) is -0.312. The standard InChI is InChI=1S/C5H8NO3/c1-4(7)9-5-2-6(8)3-5/h5H,2-3H2,1H3/q-1. The van der Waals surface area contributed by atoms with E-state index in [1.807, 2.05) is 0 Å². The highest BCUT2D eigenvalue weighted by Crippen LogP contribution is 2.08. The molecule has 0 aromatic heterocycles. The molecule has 1 aliphatic rings. The van der Waals surface area contributed by atoms with Crippen molar-refractivity contribution < 1.29 is 9.53 Å². The van der Waals surface area contributed by atoms with Crippen LogP contribution in [0.3, 0.4) is 0 Å². The molecule has 1 fully saturated rings. The van der Waals surface area contributed by atoms with Gasteiger partial charge in [0.15, 0.2) is 0 Å². The molecule has 0 amide bonds. The van der Waals surface area contributed by atoms with Crippen molar-refractivity contribution in [2.75, 3.05) is 13.1 Å². The fourth-order valence-electron chi connectivity index (χ4n) is 0.710. The number of hydrogen-bond donors (Lipinski definition) is 0. The molecule has 0 aromatic rings. The van der Waals surface area contributed by atoms with Crippen LogP contribution in [0.1, 0.15) is 6.92 Å². The number of carbonyl (C=O) groups is 1. The van der Waals surface area contributed by atoms with E-state index in [0.717, 1.165) is 5.06 Å². The van der Waals surface area contributed by atoms with E-state index < -0.39 is 0 Å².